The van der Waals surface area contributed by atoms with Crippen molar-refractivity contribution in [2.24, 2.45) is 4.99 Å². The van der Waals surface area contributed by atoms with E-state index < -0.39 is 0 Å². The highest BCUT2D eigenvalue weighted by Crippen LogP contribution is 2.17. The number of nitrogens with one attached hydrogen (secondary N) is 2. The monoisotopic (exact) mass is 552 g/mol. The predicted octanol–water partition coefficient (Wildman–Crippen LogP) is 3.17. The summed E-state index contributed by atoms with van der Waals surface area (Å²) in [4.78, 5) is 11.7. The number of rotatable bonds is 7. The van der Waals surface area contributed by atoms with E-state index in [1.165, 1.54) is 25.1 Å². The number of halogens is 1. The minimum absolute atomic E-state index is 0. The summed E-state index contributed by atoms with van der Waals surface area (Å²) in [6.07, 6.45) is 10.8. The third kappa shape index (κ3) is 6.79. The number of fused-ring (bicyclic) bond motifs is 1. The second kappa shape index (κ2) is 13.0. The Morgan fingerprint density at radius 1 is 1.12 bits per heavy atom. The number of hydrogen-bond acceptors (Lipinski definition) is 5. The van der Waals surface area contributed by atoms with Crippen LogP contribution < -0.4 is 15.5 Å². The van der Waals surface area contributed by atoms with Crippen molar-refractivity contribution >= 4 is 35.8 Å². The molecule has 1 saturated heterocycles. The van der Waals surface area contributed by atoms with Crippen LogP contribution >= 0.6 is 24.0 Å². The number of aliphatic imine (C=N–C) groups is 1. The molecular weight excluding hydrogens is 515 g/mol. The highest BCUT2D eigenvalue weighted by molar-refractivity contribution is 14.0. The topological polar surface area (TPSA) is 83.3 Å². The van der Waals surface area contributed by atoms with Crippen LogP contribution in [0.25, 0.3) is 0 Å². The lowest BCUT2D eigenvalue weighted by atomic mass is 10.1. The van der Waals surface area contributed by atoms with Crippen molar-refractivity contribution in [1.82, 2.24) is 30.4 Å². The molecule has 0 aromatic carbocycles. The Morgan fingerprint density at radius 2 is 2.00 bits per heavy atom. The standard InChI is InChI=1S/C23H36N8.HI/c1-2-24-23(27-19-12-17-30(18-13-19)20-9-5-6-14-25-20)26-15-8-11-22-29-28-21-10-4-3-7-16-31(21)22;/h5-6,9,14,19H,2-4,7-8,10-13,15-18H2,1H3,(H2,24,26,27);1H. The summed E-state index contributed by atoms with van der Waals surface area (Å²) < 4.78 is 2.34. The fourth-order valence-corrected chi connectivity index (χ4v) is 4.47. The molecule has 4 rings (SSSR count). The van der Waals surface area contributed by atoms with E-state index >= 15 is 0 Å². The molecule has 0 aliphatic carbocycles. The van der Waals surface area contributed by atoms with Gasteiger partial charge in [-0.05, 0) is 51.2 Å². The zero-order valence-electron chi connectivity index (χ0n) is 19.2. The molecule has 2 aromatic heterocycles. The Hall–Kier alpha value is -1.91. The first kappa shape index (κ1) is 24.7. The molecule has 2 aliphatic rings. The molecule has 176 valence electrons. The molecule has 0 saturated carbocycles. The van der Waals surface area contributed by atoms with Crippen LogP contribution in [0.2, 0.25) is 0 Å². The van der Waals surface area contributed by atoms with Gasteiger partial charge in [-0.25, -0.2) is 4.98 Å². The van der Waals surface area contributed by atoms with E-state index in [9.17, 15) is 0 Å². The van der Waals surface area contributed by atoms with Gasteiger partial charge in [0.25, 0.3) is 0 Å². The maximum Gasteiger partial charge on any atom is 0.191 e. The first-order valence-corrected chi connectivity index (χ1v) is 11.9. The summed E-state index contributed by atoms with van der Waals surface area (Å²) in [6, 6.07) is 6.56. The van der Waals surface area contributed by atoms with Crippen molar-refractivity contribution < 1.29 is 0 Å². The van der Waals surface area contributed by atoms with E-state index in [-0.39, 0.29) is 24.0 Å². The highest BCUT2D eigenvalue weighted by atomic mass is 127. The van der Waals surface area contributed by atoms with Gasteiger partial charge in [0.05, 0.1) is 0 Å². The van der Waals surface area contributed by atoms with Crippen molar-refractivity contribution in [2.75, 3.05) is 31.1 Å². The summed E-state index contributed by atoms with van der Waals surface area (Å²) in [7, 11) is 0. The molecule has 2 aliphatic heterocycles. The molecule has 8 nitrogen and oxygen atoms in total. The number of hydrogen-bond donors (Lipinski definition) is 2. The Bertz CT molecular complexity index is 830. The molecule has 0 unspecified atom stereocenters. The van der Waals surface area contributed by atoms with Crippen LogP contribution in [0.4, 0.5) is 5.82 Å². The first-order chi connectivity index (χ1) is 15.3. The van der Waals surface area contributed by atoms with Crippen molar-refractivity contribution in [1.29, 1.82) is 0 Å². The lowest BCUT2D eigenvalue weighted by Gasteiger charge is -2.33. The smallest absolute Gasteiger partial charge is 0.191 e. The zero-order chi connectivity index (χ0) is 21.3. The number of anilines is 1. The molecule has 9 heteroatoms. The van der Waals surface area contributed by atoms with Crippen LogP contribution in [-0.2, 0) is 19.4 Å². The van der Waals surface area contributed by atoms with Gasteiger partial charge in [0, 0.05) is 57.8 Å². The Kier molecular flexibility index (Phi) is 10.0. The zero-order valence-corrected chi connectivity index (χ0v) is 21.5. The van der Waals surface area contributed by atoms with Crippen molar-refractivity contribution in [3.63, 3.8) is 0 Å². The first-order valence-electron chi connectivity index (χ1n) is 11.9. The normalized spacial score (nSPS) is 17.3. The molecular formula is C23H37IN8. The van der Waals surface area contributed by atoms with E-state index in [1.807, 2.05) is 12.3 Å². The van der Waals surface area contributed by atoms with Crippen molar-refractivity contribution in [3.05, 3.63) is 36.0 Å². The summed E-state index contributed by atoms with van der Waals surface area (Å²) in [5, 5.41) is 15.9. The van der Waals surface area contributed by atoms with Crippen molar-refractivity contribution in [2.45, 2.75) is 70.9 Å². The van der Waals surface area contributed by atoms with Gasteiger partial charge in [-0.15, -0.1) is 34.2 Å². The Morgan fingerprint density at radius 3 is 2.78 bits per heavy atom. The maximum atomic E-state index is 4.83. The fraction of sp³-hybridized carbons (Fsp3) is 0.652. The van der Waals surface area contributed by atoms with Crippen LogP contribution in [0.5, 0.6) is 0 Å². The number of aromatic nitrogens is 4. The van der Waals surface area contributed by atoms with E-state index in [1.54, 1.807) is 0 Å². The third-order valence-electron chi connectivity index (χ3n) is 6.17. The average Bonchev–Trinajstić information content (AvgIpc) is 3.03. The minimum Gasteiger partial charge on any atom is -0.357 e. The number of pyridine rings is 1. The number of nitrogens with zero attached hydrogens (tertiary/aromatic N) is 6. The lowest BCUT2D eigenvalue weighted by molar-refractivity contribution is 0.459. The van der Waals surface area contributed by atoms with E-state index in [0.717, 1.165) is 82.4 Å². The molecule has 0 bridgehead atoms. The van der Waals surface area contributed by atoms with Crippen LogP contribution in [-0.4, -0.2) is 57.9 Å². The van der Waals surface area contributed by atoms with Crippen molar-refractivity contribution in [3.8, 4) is 0 Å². The summed E-state index contributed by atoms with van der Waals surface area (Å²) in [5.41, 5.74) is 0. The molecule has 1 fully saturated rings. The molecule has 0 amide bonds. The summed E-state index contributed by atoms with van der Waals surface area (Å²) in [5.74, 6) is 4.31. The van der Waals surface area contributed by atoms with Crippen LogP contribution in [0.3, 0.4) is 0 Å². The minimum atomic E-state index is 0. The van der Waals surface area contributed by atoms with Gasteiger partial charge in [0.15, 0.2) is 5.96 Å². The molecule has 0 spiro atoms. The quantitative estimate of drug-likeness (QED) is 0.238. The molecule has 32 heavy (non-hydrogen) atoms. The Balaban J connectivity index is 0.00000289. The fourth-order valence-electron chi connectivity index (χ4n) is 4.47. The van der Waals surface area contributed by atoms with Gasteiger partial charge < -0.3 is 20.1 Å². The van der Waals surface area contributed by atoms with Gasteiger partial charge >= 0.3 is 0 Å². The SMILES string of the molecule is CCNC(=NCCCc1nnc2n1CCCCC2)NC1CCN(c2ccccn2)CC1.I. The predicted molar refractivity (Wildman–Crippen MR) is 140 cm³/mol. The second-order valence-electron chi connectivity index (χ2n) is 8.45. The van der Waals surface area contributed by atoms with E-state index in [4.69, 9.17) is 4.99 Å². The molecule has 4 heterocycles. The molecule has 2 N–H and O–H groups in total. The summed E-state index contributed by atoms with van der Waals surface area (Å²) >= 11 is 0. The summed E-state index contributed by atoms with van der Waals surface area (Å²) in [6.45, 7) is 6.90. The van der Waals surface area contributed by atoms with Crippen LogP contribution in [0.1, 0.15) is 57.1 Å². The number of aryl methyl sites for hydroxylation is 2. The van der Waals surface area contributed by atoms with E-state index in [0.29, 0.717) is 6.04 Å². The van der Waals surface area contributed by atoms with Gasteiger partial charge in [-0.1, -0.05) is 12.5 Å². The van der Waals surface area contributed by atoms with E-state index in [2.05, 4.69) is 54.3 Å². The number of piperidine rings is 1. The average molecular weight is 553 g/mol. The van der Waals surface area contributed by atoms with Crippen LogP contribution in [0, 0.1) is 0 Å². The maximum absolute atomic E-state index is 4.83. The molecule has 2 aromatic rings. The highest BCUT2D eigenvalue weighted by Gasteiger charge is 2.20. The molecule has 0 atom stereocenters. The van der Waals surface area contributed by atoms with Gasteiger partial charge in [-0.3, -0.25) is 4.99 Å². The van der Waals surface area contributed by atoms with Gasteiger partial charge in [-0.2, -0.15) is 0 Å². The second-order valence-corrected chi connectivity index (χ2v) is 8.45. The van der Waals surface area contributed by atoms with Gasteiger partial charge in [0.1, 0.15) is 17.5 Å². The largest absolute Gasteiger partial charge is 0.357 e. The van der Waals surface area contributed by atoms with Crippen LogP contribution in [0.15, 0.2) is 29.4 Å². The van der Waals surface area contributed by atoms with Gasteiger partial charge in [0.2, 0.25) is 0 Å². The Labute approximate surface area is 208 Å². The third-order valence-corrected chi connectivity index (χ3v) is 6.17. The molecule has 0 radical (unpaired) electrons. The lowest BCUT2D eigenvalue weighted by Crippen LogP contribution is -2.49. The number of guanidine groups is 1.